The number of rotatable bonds is 9. The summed E-state index contributed by atoms with van der Waals surface area (Å²) in [5.41, 5.74) is 0. The Morgan fingerprint density at radius 3 is 1.89 bits per heavy atom. The Balaban J connectivity index is 2.51. The smallest absolute Gasteiger partial charge is 0.204 e. The topological polar surface area (TPSA) is 18.5 Å². The van der Waals surface area contributed by atoms with Crippen LogP contribution in [0.25, 0.3) is 0 Å². The highest BCUT2D eigenvalue weighted by Crippen LogP contribution is 2.21. The quantitative estimate of drug-likeness (QED) is 0.637. The Bertz CT molecular complexity index is 303. The molecule has 0 unspecified atom stereocenters. The number of unbranched alkanes of at least 4 members (excludes halogenated alkanes) is 2. The Hall–Kier alpha value is -0.963. The minimum absolute atomic E-state index is 0.368. The average molecular weight is 266 g/mol. The lowest BCUT2D eigenvalue weighted by molar-refractivity contribution is 0.174. The van der Waals surface area contributed by atoms with Crippen LogP contribution in [0.3, 0.4) is 0 Å². The summed E-state index contributed by atoms with van der Waals surface area (Å²) < 4.78 is 11.4. The van der Waals surface area contributed by atoms with Gasteiger partial charge in [0.05, 0.1) is 6.10 Å². The van der Waals surface area contributed by atoms with E-state index in [1.165, 1.54) is 25.7 Å². The van der Waals surface area contributed by atoms with Crippen LogP contribution in [0.4, 0.5) is 0 Å². The van der Waals surface area contributed by atoms with E-state index in [-0.39, 0.29) is 0 Å². The van der Waals surface area contributed by atoms with Crippen molar-refractivity contribution in [1.82, 2.24) is 0 Å². The molecule has 0 spiro atoms. The molecule has 0 bridgehead atoms. The van der Waals surface area contributed by atoms with Crippen molar-refractivity contribution in [3.8, 4) is 11.5 Å². The Morgan fingerprint density at radius 1 is 0.944 bits per heavy atom. The highest BCUT2D eigenvalue weighted by Gasteiger charge is 2.09. The fraction of sp³-hybridized carbons (Fsp3) is 0.600. The van der Waals surface area contributed by atoms with Crippen LogP contribution in [0.5, 0.6) is 11.5 Å². The molecule has 0 aromatic heterocycles. The largest absolute Gasteiger partial charge is 0.553 e. The van der Waals surface area contributed by atoms with E-state index in [4.69, 9.17) is 9.16 Å². The highest BCUT2D eigenvalue weighted by molar-refractivity contribution is 5.99. The lowest BCUT2D eigenvalue weighted by atomic mass is 10.1. The summed E-state index contributed by atoms with van der Waals surface area (Å²) in [7, 11) is 0.734. The van der Waals surface area contributed by atoms with Crippen LogP contribution in [0, 0.1) is 0 Å². The molecule has 0 amide bonds. The van der Waals surface area contributed by atoms with Crippen molar-refractivity contribution < 1.29 is 9.16 Å². The van der Waals surface area contributed by atoms with Gasteiger partial charge in [0.25, 0.3) is 0 Å². The van der Waals surface area contributed by atoms with Gasteiger partial charge in [-0.15, -0.1) is 0 Å². The van der Waals surface area contributed by atoms with Crippen molar-refractivity contribution in [2.75, 3.05) is 0 Å². The molecule has 0 aliphatic heterocycles. The van der Waals surface area contributed by atoms with E-state index in [1.807, 2.05) is 24.3 Å². The van der Waals surface area contributed by atoms with Gasteiger partial charge in [-0.3, -0.25) is 0 Å². The molecule has 0 atom stereocenters. The lowest BCUT2D eigenvalue weighted by Crippen LogP contribution is -2.16. The van der Waals surface area contributed by atoms with Gasteiger partial charge in [-0.25, -0.2) is 0 Å². The molecule has 0 aliphatic carbocycles. The fourth-order valence-electron chi connectivity index (χ4n) is 1.97. The van der Waals surface area contributed by atoms with E-state index >= 15 is 0 Å². The zero-order chi connectivity index (χ0) is 13.2. The van der Waals surface area contributed by atoms with Crippen molar-refractivity contribution in [1.29, 1.82) is 0 Å². The van der Waals surface area contributed by atoms with Crippen molar-refractivity contribution in [2.24, 2.45) is 0 Å². The standard InChI is InChI=1S/C15H26O2Si/c1-3-5-7-13(8-6-4-2)16-14-9-11-15(17-18)12-10-14/h9-13H,3-8H2,1-2,18H3. The van der Waals surface area contributed by atoms with Crippen molar-refractivity contribution >= 4 is 10.5 Å². The minimum atomic E-state index is 0.368. The van der Waals surface area contributed by atoms with Gasteiger partial charge in [0.2, 0.25) is 10.5 Å². The second kappa shape index (κ2) is 9.03. The van der Waals surface area contributed by atoms with Crippen LogP contribution in [0.15, 0.2) is 24.3 Å². The van der Waals surface area contributed by atoms with Crippen LogP contribution in [0.1, 0.15) is 52.4 Å². The number of hydrogen-bond donors (Lipinski definition) is 0. The van der Waals surface area contributed by atoms with E-state index in [0.29, 0.717) is 6.10 Å². The molecule has 0 fully saturated rings. The van der Waals surface area contributed by atoms with E-state index in [0.717, 1.165) is 34.8 Å². The fourth-order valence-corrected chi connectivity index (χ4v) is 2.24. The third-order valence-electron chi connectivity index (χ3n) is 3.12. The van der Waals surface area contributed by atoms with Gasteiger partial charge < -0.3 is 9.16 Å². The van der Waals surface area contributed by atoms with E-state index in [9.17, 15) is 0 Å². The maximum atomic E-state index is 6.07. The summed E-state index contributed by atoms with van der Waals surface area (Å²) in [6, 6.07) is 7.99. The zero-order valence-electron chi connectivity index (χ0n) is 11.9. The van der Waals surface area contributed by atoms with E-state index in [2.05, 4.69) is 13.8 Å². The van der Waals surface area contributed by atoms with Crippen LogP contribution >= 0.6 is 0 Å². The van der Waals surface area contributed by atoms with Crippen LogP contribution in [-0.4, -0.2) is 16.6 Å². The molecule has 3 heteroatoms. The predicted octanol–water partition coefficient (Wildman–Crippen LogP) is 3.47. The van der Waals surface area contributed by atoms with Crippen molar-refractivity contribution in [3.05, 3.63) is 24.3 Å². The molecular weight excluding hydrogens is 240 g/mol. The first-order chi connectivity index (χ1) is 8.80. The molecule has 18 heavy (non-hydrogen) atoms. The maximum absolute atomic E-state index is 6.07. The Labute approximate surface area is 114 Å². The van der Waals surface area contributed by atoms with Gasteiger partial charge in [-0.2, -0.15) is 0 Å². The molecule has 0 saturated carbocycles. The zero-order valence-corrected chi connectivity index (χ0v) is 13.9. The first kappa shape index (κ1) is 15.1. The third kappa shape index (κ3) is 5.58. The van der Waals surface area contributed by atoms with E-state index < -0.39 is 0 Å². The minimum Gasteiger partial charge on any atom is -0.553 e. The lowest BCUT2D eigenvalue weighted by Gasteiger charge is -2.19. The maximum Gasteiger partial charge on any atom is 0.204 e. The summed E-state index contributed by atoms with van der Waals surface area (Å²) >= 11 is 0. The Morgan fingerprint density at radius 2 is 1.44 bits per heavy atom. The highest BCUT2D eigenvalue weighted by atomic mass is 28.2. The van der Waals surface area contributed by atoms with Gasteiger partial charge >= 0.3 is 0 Å². The summed E-state index contributed by atoms with van der Waals surface area (Å²) in [6.07, 6.45) is 7.66. The average Bonchev–Trinajstić information content (AvgIpc) is 2.42. The Kier molecular flexibility index (Phi) is 7.57. The molecule has 0 radical (unpaired) electrons. The van der Waals surface area contributed by atoms with Gasteiger partial charge in [0, 0.05) is 0 Å². The first-order valence-electron chi connectivity index (χ1n) is 7.10. The summed E-state index contributed by atoms with van der Waals surface area (Å²) in [6.45, 7) is 4.46. The molecule has 0 heterocycles. The van der Waals surface area contributed by atoms with Gasteiger partial charge in [0.1, 0.15) is 11.5 Å². The molecule has 2 nitrogen and oxygen atoms in total. The second-order valence-electron chi connectivity index (χ2n) is 4.70. The van der Waals surface area contributed by atoms with Gasteiger partial charge in [-0.05, 0) is 37.1 Å². The molecule has 0 aliphatic rings. The molecule has 0 saturated heterocycles. The van der Waals surface area contributed by atoms with Crippen LogP contribution < -0.4 is 9.16 Å². The van der Waals surface area contributed by atoms with Crippen LogP contribution in [-0.2, 0) is 0 Å². The SMILES string of the molecule is CCCCC(CCCC)Oc1ccc(O[SiH3])cc1. The summed E-state index contributed by atoms with van der Waals surface area (Å²) in [5.74, 6) is 1.90. The van der Waals surface area contributed by atoms with Gasteiger partial charge in [-0.1, -0.05) is 39.5 Å². The third-order valence-corrected chi connectivity index (χ3v) is 3.59. The van der Waals surface area contributed by atoms with E-state index in [1.54, 1.807) is 0 Å². The molecule has 1 aromatic carbocycles. The van der Waals surface area contributed by atoms with Crippen LogP contribution in [0.2, 0.25) is 0 Å². The predicted molar refractivity (Wildman–Crippen MR) is 80.5 cm³/mol. The van der Waals surface area contributed by atoms with Crippen molar-refractivity contribution in [2.45, 2.75) is 58.5 Å². The number of benzene rings is 1. The first-order valence-corrected chi connectivity index (χ1v) is 7.92. The summed E-state index contributed by atoms with van der Waals surface area (Å²) in [5, 5.41) is 0. The molecule has 0 N–H and O–H groups in total. The molecular formula is C15H26O2Si. The molecule has 102 valence electrons. The monoisotopic (exact) mass is 266 g/mol. The number of hydrogen-bond acceptors (Lipinski definition) is 2. The van der Waals surface area contributed by atoms with Gasteiger partial charge in [0.15, 0.2) is 0 Å². The second-order valence-corrected chi connectivity index (χ2v) is 5.11. The normalized spacial score (nSPS) is 10.8. The van der Waals surface area contributed by atoms with Crippen molar-refractivity contribution in [3.63, 3.8) is 0 Å². The summed E-state index contributed by atoms with van der Waals surface area (Å²) in [4.78, 5) is 0. The molecule has 1 aromatic rings. The molecule has 1 rings (SSSR count). The number of ether oxygens (including phenoxy) is 1.